The predicted molar refractivity (Wildman–Crippen MR) is 117 cm³/mol. The summed E-state index contributed by atoms with van der Waals surface area (Å²) in [5.74, 6) is -0.0651. The summed E-state index contributed by atoms with van der Waals surface area (Å²) in [6.07, 6.45) is 3.90. The number of amides is 1. The molecule has 144 valence electrons. The molecule has 6 heteroatoms. The normalized spacial score (nSPS) is 12.7. The van der Waals surface area contributed by atoms with Crippen molar-refractivity contribution in [2.75, 3.05) is 20.6 Å². The number of hydrazone groups is 1. The Kier molecular flexibility index (Phi) is 9.79. The van der Waals surface area contributed by atoms with Crippen molar-refractivity contribution in [2.45, 2.75) is 6.92 Å². The van der Waals surface area contributed by atoms with E-state index in [1.54, 1.807) is 12.1 Å². The van der Waals surface area contributed by atoms with E-state index in [0.717, 1.165) is 17.8 Å². The molecule has 0 heterocycles. The van der Waals surface area contributed by atoms with E-state index in [1.807, 2.05) is 68.7 Å². The first-order valence-corrected chi connectivity index (χ1v) is 8.85. The van der Waals surface area contributed by atoms with E-state index in [2.05, 4.69) is 22.4 Å². The number of benzene rings is 2. The maximum Gasteiger partial charge on any atom is 0.271 e. The van der Waals surface area contributed by atoms with Gasteiger partial charge in [-0.1, -0.05) is 54.9 Å². The summed E-state index contributed by atoms with van der Waals surface area (Å²) >= 11 is 5.92. The second-order valence-corrected chi connectivity index (χ2v) is 6.83. The Balaban J connectivity index is 0.00000364. The van der Waals surface area contributed by atoms with E-state index >= 15 is 0 Å². The highest BCUT2D eigenvalue weighted by atomic mass is 35.5. The molecule has 1 unspecified atom stereocenters. The third kappa shape index (κ3) is 7.95. The van der Waals surface area contributed by atoms with Crippen LogP contribution in [0.3, 0.4) is 0 Å². The Morgan fingerprint density at radius 2 is 1.78 bits per heavy atom. The molecule has 2 rings (SSSR count). The van der Waals surface area contributed by atoms with Gasteiger partial charge in [0.1, 0.15) is 0 Å². The van der Waals surface area contributed by atoms with Gasteiger partial charge in [-0.15, -0.1) is 12.4 Å². The van der Waals surface area contributed by atoms with E-state index < -0.39 is 0 Å². The highest BCUT2D eigenvalue weighted by Gasteiger charge is 2.11. The quantitative estimate of drug-likeness (QED) is 0.532. The van der Waals surface area contributed by atoms with Crippen LogP contribution in [0.5, 0.6) is 0 Å². The largest absolute Gasteiger partial charge is 0.309 e. The molecule has 27 heavy (non-hydrogen) atoms. The molecule has 2 aromatic carbocycles. The van der Waals surface area contributed by atoms with Crippen LogP contribution in [0.1, 0.15) is 22.8 Å². The molecule has 0 radical (unpaired) electrons. The first-order valence-electron chi connectivity index (χ1n) is 8.47. The lowest BCUT2D eigenvalue weighted by atomic mass is 10.0. The standard InChI is InChI=1S/C21H24ClN3O.ClH/c1-16(15-25(2)3)20(14-11-17-9-12-19(22)13-10-17)23-24-21(26)18-7-5-4-6-8-18;/h4-14,16H,15H2,1-3H3,(H,24,26);1H/b14-11+,23-20-;. The van der Waals surface area contributed by atoms with Crippen LogP contribution in [0.25, 0.3) is 6.08 Å². The van der Waals surface area contributed by atoms with Crippen LogP contribution in [-0.2, 0) is 0 Å². The SMILES string of the molecule is CC(CN(C)C)C(/C=C/c1ccc(Cl)cc1)=N\NC(=O)c1ccccc1.Cl. The summed E-state index contributed by atoms with van der Waals surface area (Å²) in [5, 5.41) is 5.06. The van der Waals surface area contributed by atoms with Crippen molar-refractivity contribution >= 4 is 41.7 Å². The van der Waals surface area contributed by atoms with Gasteiger partial charge in [0.05, 0.1) is 5.71 Å². The van der Waals surface area contributed by atoms with Crippen LogP contribution in [-0.4, -0.2) is 37.2 Å². The summed E-state index contributed by atoms with van der Waals surface area (Å²) in [5.41, 5.74) is 5.06. The fourth-order valence-electron chi connectivity index (χ4n) is 2.48. The number of nitrogens with zero attached hydrogens (tertiary/aromatic N) is 2. The van der Waals surface area contributed by atoms with Gasteiger partial charge < -0.3 is 4.90 Å². The molecular formula is C21H25Cl2N3O. The zero-order valence-electron chi connectivity index (χ0n) is 15.7. The van der Waals surface area contributed by atoms with Gasteiger partial charge in [0.15, 0.2) is 0 Å². The van der Waals surface area contributed by atoms with Crippen molar-refractivity contribution in [3.05, 3.63) is 76.8 Å². The molecule has 0 bridgehead atoms. The van der Waals surface area contributed by atoms with Gasteiger partial charge in [0.25, 0.3) is 5.91 Å². The number of nitrogens with one attached hydrogen (secondary N) is 1. The first-order chi connectivity index (χ1) is 12.5. The average molecular weight is 406 g/mol. The van der Waals surface area contributed by atoms with E-state index in [0.29, 0.717) is 10.6 Å². The smallest absolute Gasteiger partial charge is 0.271 e. The number of halogens is 2. The Morgan fingerprint density at radius 1 is 1.15 bits per heavy atom. The third-order valence-corrected chi connectivity index (χ3v) is 4.03. The van der Waals surface area contributed by atoms with Gasteiger partial charge in [-0.3, -0.25) is 4.79 Å². The molecule has 0 saturated heterocycles. The number of allylic oxidation sites excluding steroid dienone is 1. The van der Waals surface area contributed by atoms with E-state index in [4.69, 9.17) is 11.6 Å². The zero-order valence-corrected chi connectivity index (χ0v) is 17.3. The lowest BCUT2D eigenvalue weighted by Gasteiger charge is -2.17. The van der Waals surface area contributed by atoms with Crippen molar-refractivity contribution in [3.63, 3.8) is 0 Å². The highest BCUT2D eigenvalue weighted by Crippen LogP contribution is 2.12. The monoisotopic (exact) mass is 405 g/mol. The summed E-state index contributed by atoms with van der Waals surface area (Å²) in [4.78, 5) is 14.3. The Hall–Kier alpha value is -2.14. The molecule has 0 fully saturated rings. The van der Waals surface area contributed by atoms with Gasteiger partial charge in [-0.25, -0.2) is 5.43 Å². The second kappa shape index (κ2) is 11.5. The molecule has 0 spiro atoms. The number of rotatable bonds is 7. The maximum atomic E-state index is 12.2. The summed E-state index contributed by atoms with van der Waals surface area (Å²) in [6, 6.07) is 16.6. The second-order valence-electron chi connectivity index (χ2n) is 6.39. The Labute approximate surface area is 172 Å². The van der Waals surface area contributed by atoms with Crippen molar-refractivity contribution in [2.24, 2.45) is 11.0 Å². The lowest BCUT2D eigenvalue weighted by molar-refractivity contribution is 0.0954. The number of carbonyl (C=O) groups is 1. The molecule has 0 aliphatic carbocycles. The fourth-order valence-corrected chi connectivity index (χ4v) is 2.60. The Bertz CT molecular complexity index is 772. The first kappa shape index (κ1) is 22.9. The fraction of sp³-hybridized carbons (Fsp3) is 0.238. The van der Waals surface area contributed by atoms with Crippen LogP contribution in [0, 0.1) is 5.92 Å². The van der Waals surface area contributed by atoms with Gasteiger partial charge in [-0.2, -0.15) is 5.10 Å². The minimum absolute atomic E-state index is 0. The van der Waals surface area contributed by atoms with Crippen LogP contribution in [0.4, 0.5) is 0 Å². The van der Waals surface area contributed by atoms with E-state index in [1.165, 1.54) is 0 Å². The maximum absolute atomic E-state index is 12.2. The van der Waals surface area contributed by atoms with Crippen molar-refractivity contribution in [1.82, 2.24) is 10.3 Å². The summed E-state index contributed by atoms with van der Waals surface area (Å²) in [6.45, 7) is 2.91. The Morgan fingerprint density at radius 3 is 2.37 bits per heavy atom. The van der Waals surface area contributed by atoms with E-state index in [-0.39, 0.29) is 24.2 Å². The van der Waals surface area contributed by atoms with Gasteiger partial charge >= 0.3 is 0 Å². The molecule has 0 aliphatic rings. The molecule has 0 aliphatic heterocycles. The van der Waals surface area contributed by atoms with Gasteiger partial charge in [0.2, 0.25) is 0 Å². The summed E-state index contributed by atoms with van der Waals surface area (Å²) in [7, 11) is 4.03. The zero-order chi connectivity index (χ0) is 18.9. The highest BCUT2D eigenvalue weighted by molar-refractivity contribution is 6.30. The predicted octanol–water partition coefficient (Wildman–Crippen LogP) is 4.76. The topological polar surface area (TPSA) is 44.7 Å². The summed E-state index contributed by atoms with van der Waals surface area (Å²) < 4.78 is 0. The van der Waals surface area contributed by atoms with Crippen molar-refractivity contribution in [1.29, 1.82) is 0 Å². The number of hydrogen-bond donors (Lipinski definition) is 1. The minimum atomic E-state index is -0.222. The molecule has 1 N–H and O–H groups in total. The van der Waals surface area contributed by atoms with Gasteiger partial charge in [-0.05, 0) is 50.0 Å². The molecule has 1 atom stereocenters. The number of hydrogen-bond acceptors (Lipinski definition) is 3. The molecule has 4 nitrogen and oxygen atoms in total. The molecule has 0 saturated carbocycles. The average Bonchev–Trinajstić information content (AvgIpc) is 2.63. The van der Waals surface area contributed by atoms with Crippen LogP contribution < -0.4 is 5.43 Å². The third-order valence-electron chi connectivity index (χ3n) is 3.78. The molecule has 1 amide bonds. The van der Waals surface area contributed by atoms with Crippen LogP contribution in [0.15, 0.2) is 65.8 Å². The molecule has 0 aromatic heterocycles. The van der Waals surface area contributed by atoms with E-state index in [9.17, 15) is 4.79 Å². The molecule has 2 aromatic rings. The molecular weight excluding hydrogens is 381 g/mol. The van der Waals surface area contributed by atoms with Crippen molar-refractivity contribution in [3.8, 4) is 0 Å². The van der Waals surface area contributed by atoms with Crippen molar-refractivity contribution < 1.29 is 4.79 Å². The minimum Gasteiger partial charge on any atom is -0.309 e. The lowest BCUT2D eigenvalue weighted by Crippen LogP contribution is -2.27. The van der Waals surface area contributed by atoms with Crippen LogP contribution >= 0.6 is 24.0 Å². The van der Waals surface area contributed by atoms with Crippen LogP contribution in [0.2, 0.25) is 5.02 Å². The van der Waals surface area contributed by atoms with Gasteiger partial charge in [0, 0.05) is 23.0 Å². The number of carbonyl (C=O) groups excluding carboxylic acids is 1.